The summed E-state index contributed by atoms with van der Waals surface area (Å²) in [6.07, 6.45) is 10.2. The van der Waals surface area contributed by atoms with Gasteiger partial charge in [0, 0.05) is 55.4 Å². The number of sulfonamides is 2. The van der Waals surface area contributed by atoms with Crippen molar-refractivity contribution >= 4 is 101 Å². The van der Waals surface area contributed by atoms with Crippen LogP contribution in [0, 0.1) is 34.5 Å². The molecule has 0 bridgehead atoms. The van der Waals surface area contributed by atoms with Crippen molar-refractivity contribution in [3.8, 4) is 0 Å². The molecule has 27 heteroatoms. The average molecular weight is 1400 g/mol. The lowest BCUT2D eigenvalue weighted by Crippen LogP contribution is -2.60. The number of nitrogens with zero attached hydrogens (tertiary/aromatic N) is 2. The summed E-state index contributed by atoms with van der Waals surface area (Å²) in [6, 6.07) is 20.6. The minimum absolute atomic E-state index is 0.0152. The van der Waals surface area contributed by atoms with E-state index in [0.29, 0.717) is 61.5 Å². The van der Waals surface area contributed by atoms with Gasteiger partial charge in [0.2, 0.25) is 55.5 Å². The van der Waals surface area contributed by atoms with Crippen LogP contribution in [0.4, 0.5) is 0 Å². The molecule has 2 saturated heterocycles. The van der Waals surface area contributed by atoms with E-state index in [0.717, 1.165) is 47.2 Å². The van der Waals surface area contributed by atoms with Crippen LogP contribution in [-0.4, -0.2) is 162 Å². The molecule has 12 rings (SSSR count). The second kappa shape index (κ2) is 28.6. The minimum Gasteiger partial charge on any atom is -0.478 e. The van der Waals surface area contributed by atoms with Crippen LogP contribution in [0.3, 0.4) is 0 Å². The number of hydrogen-bond acceptors (Lipinski definition) is 15. The molecule has 9 amide bonds. The van der Waals surface area contributed by atoms with E-state index in [1.54, 1.807) is 24.3 Å². The van der Waals surface area contributed by atoms with Crippen molar-refractivity contribution in [2.45, 2.75) is 189 Å². The van der Waals surface area contributed by atoms with Crippen molar-refractivity contribution in [3.63, 3.8) is 0 Å². The van der Waals surface area contributed by atoms with E-state index in [2.05, 4.69) is 49.2 Å². The van der Waals surface area contributed by atoms with Gasteiger partial charge in [0.25, 0.3) is 17.7 Å². The molecule has 4 aromatic rings. The van der Waals surface area contributed by atoms with Crippen LogP contribution in [0.25, 0.3) is 21.5 Å². The molecular formula is C72H92N10O15S2. The maximum atomic E-state index is 14.4. The number of likely N-dealkylation sites (tertiary alicyclic amines) is 2. The smallest absolute Gasteiger partial charge is 0.336 e. The summed E-state index contributed by atoms with van der Waals surface area (Å²) >= 11 is 0. The molecule has 2 heterocycles. The first-order valence-corrected chi connectivity index (χ1v) is 37.1. The number of carbonyl (C=O) groups is 10. The van der Waals surface area contributed by atoms with Gasteiger partial charge < -0.3 is 47.2 Å². The van der Waals surface area contributed by atoms with Crippen LogP contribution in [0.1, 0.15) is 152 Å². The topological polar surface area (TPSA) is 376 Å². The molecule has 6 saturated carbocycles. The van der Waals surface area contributed by atoms with E-state index in [4.69, 9.17) is 10.8 Å². The average Bonchev–Trinajstić information content (AvgIpc) is 1.58. The summed E-state index contributed by atoms with van der Waals surface area (Å²) in [5, 5.41) is 25.3. The quantitative estimate of drug-likeness (QED) is 0.0442. The van der Waals surface area contributed by atoms with Gasteiger partial charge in [0.1, 0.15) is 35.2 Å². The molecule has 532 valence electrons. The van der Waals surface area contributed by atoms with Gasteiger partial charge in [-0.3, -0.25) is 52.6 Å². The first-order valence-electron chi connectivity index (χ1n) is 34.1. The molecule has 0 spiro atoms. The van der Waals surface area contributed by atoms with Gasteiger partial charge in [-0.2, -0.15) is 0 Å². The Morgan fingerprint density at radius 1 is 0.566 bits per heavy atom. The molecule has 10 atom stereocenters. The highest BCUT2D eigenvalue weighted by molar-refractivity contribution is 7.91. The second-order valence-corrected chi connectivity index (χ2v) is 34.1. The van der Waals surface area contributed by atoms with Crippen LogP contribution in [0.5, 0.6) is 0 Å². The van der Waals surface area contributed by atoms with Crippen molar-refractivity contribution < 1.29 is 69.9 Å². The predicted octanol–water partition coefficient (Wildman–Crippen LogP) is 4.99. The lowest BCUT2D eigenvalue weighted by molar-refractivity contribution is -0.144. The van der Waals surface area contributed by atoms with Gasteiger partial charge in [-0.1, -0.05) is 126 Å². The van der Waals surface area contributed by atoms with Crippen LogP contribution in [0.2, 0.25) is 0 Å². The van der Waals surface area contributed by atoms with Crippen LogP contribution >= 0.6 is 0 Å². The second-order valence-electron chi connectivity index (χ2n) is 30.2. The van der Waals surface area contributed by atoms with E-state index in [-0.39, 0.29) is 56.5 Å². The van der Waals surface area contributed by atoms with E-state index in [1.807, 2.05) is 102 Å². The van der Waals surface area contributed by atoms with Gasteiger partial charge in [0.05, 0.1) is 16.1 Å². The summed E-state index contributed by atoms with van der Waals surface area (Å²) in [6.45, 7) is 18.6. The highest BCUT2D eigenvalue weighted by Gasteiger charge is 2.63. The molecular weight excluding hydrogens is 1310 g/mol. The molecule has 2 aliphatic heterocycles. The Morgan fingerprint density at radius 3 is 1.35 bits per heavy atom. The minimum atomic E-state index is -3.89. The largest absolute Gasteiger partial charge is 0.478 e. The molecule has 8 fully saturated rings. The van der Waals surface area contributed by atoms with Crippen LogP contribution in [-0.2, 0) is 58.4 Å². The number of hydrogen-bond donors (Lipinski definition) is 9. The van der Waals surface area contributed by atoms with Crippen molar-refractivity contribution in [1.82, 2.24) is 45.8 Å². The van der Waals surface area contributed by atoms with E-state index in [1.165, 1.54) is 22.0 Å². The monoisotopic (exact) mass is 1400 g/mol. The third-order valence-electron chi connectivity index (χ3n) is 19.9. The first-order chi connectivity index (χ1) is 46.6. The molecule has 4 aromatic carbocycles. The number of carboxylic acids is 1. The van der Waals surface area contributed by atoms with Crippen LogP contribution < -0.4 is 41.8 Å². The Hall–Kier alpha value is -8.56. The van der Waals surface area contributed by atoms with Gasteiger partial charge in [0.15, 0.2) is 0 Å². The SMILES string of the molecule is C=CC1CC1(NC(=O)[C@@H]1C[C@@H](N)CN1C(=O)[C@@H](NC(=O)CC1CC1)C(C)(C)C)C(=O)NS(=O)(=O)C1CC1.C=CC1CC1(NC(=O)[C@@H]1C[C@@H](NC(=O)c2cccc3ccccc23)CN1C(=O)[C@@H](NC(=O)CC1CC1)C(C)(C)C)C(=O)NS(=O)(=O)C1CC1.O=C(O)c1cccc2ccccc12. The number of aromatic carboxylic acids is 1. The molecule has 8 aliphatic rings. The molecule has 4 unspecified atom stereocenters. The predicted molar refractivity (Wildman–Crippen MR) is 370 cm³/mol. The summed E-state index contributed by atoms with van der Waals surface area (Å²) < 4.78 is 54.2. The number of fused-ring (bicyclic) bond motifs is 2. The standard InChI is InChI=1S/C36H45N5O7S.C25H39N5O6S.C11H8O2/c1-5-23-19-36(23,34(46)40-49(47,48)25-15-16-25)39-32(44)28-18-24(37-31(43)27-12-8-10-22-9-6-7-11-26(22)27)20-41(28)33(45)30(35(2,3)4)38-29(42)17-21-13-14-21;1-5-15-12-25(15,23(34)29-37(35,36)17-8-9-17)28-21(32)18-11-16(26)13-30(18)22(33)20(24(2,3)4)27-19(31)10-14-6-7-14;12-11(13)10-7-3-5-8-4-1-2-6-9(8)10/h5-12,21,23-25,28,30H,1,13-20H2,2-4H3,(H,37,43)(H,38,42)(H,39,44)(H,40,46);5,14-18,20H,1,6-13,26H2,2-4H3,(H,27,31)(H,28,32)(H,29,34);1-7H,(H,12,13)/t23?,24-,28+,30-,36?;15?,16-,18+,20-,25?;/m11./s1. The van der Waals surface area contributed by atoms with E-state index >= 15 is 0 Å². The molecule has 6 aliphatic carbocycles. The molecule has 0 radical (unpaired) electrons. The molecule has 99 heavy (non-hydrogen) atoms. The number of amides is 9. The number of carbonyl (C=O) groups excluding carboxylic acids is 9. The maximum Gasteiger partial charge on any atom is 0.336 e. The number of benzene rings is 4. The molecule has 25 nitrogen and oxygen atoms in total. The highest BCUT2D eigenvalue weighted by Crippen LogP contribution is 2.47. The van der Waals surface area contributed by atoms with Gasteiger partial charge in [-0.25, -0.2) is 21.6 Å². The number of nitrogens with one attached hydrogen (secondary N) is 7. The lowest BCUT2D eigenvalue weighted by Gasteiger charge is -2.35. The van der Waals surface area contributed by atoms with Crippen molar-refractivity contribution in [2.75, 3.05) is 13.1 Å². The van der Waals surface area contributed by atoms with Crippen molar-refractivity contribution in [2.24, 2.45) is 40.2 Å². The Kier molecular flexibility index (Phi) is 21.1. The third-order valence-corrected chi connectivity index (χ3v) is 23.5. The summed E-state index contributed by atoms with van der Waals surface area (Å²) in [4.78, 5) is 135. The number of nitrogens with two attached hydrogens (primary N) is 1. The fraction of sp³-hybridized carbons (Fsp3) is 0.528. The lowest BCUT2D eigenvalue weighted by atomic mass is 9.85. The Morgan fingerprint density at radius 2 is 0.960 bits per heavy atom. The zero-order chi connectivity index (χ0) is 71.9. The fourth-order valence-electron chi connectivity index (χ4n) is 13.2. The van der Waals surface area contributed by atoms with Crippen molar-refractivity contribution in [1.29, 1.82) is 0 Å². The zero-order valence-corrected chi connectivity index (χ0v) is 58.5. The van der Waals surface area contributed by atoms with Gasteiger partial charge >= 0.3 is 5.97 Å². The molecule has 0 aromatic heterocycles. The van der Waals surface area contributed by atoms with E-state index < -0.39 is 142 Å². The zero-order valence-electron chi connectivity index (χ0n) is 56.8. The summed E-state index contributed by atoms with van der Waals surface area (Å²) in [5.74, 6) is -5.72. The normalized spacial score (nSPS) is 25.3. The Labute approximate surface area is 577 Å². The van der Waals surface area contributed by atoms with E-state index in [9.17, 15) is 64.8 Å². The highest BCUT2D eigenvalue weighted by atomic mass is 32.2. The Bertz CT molecular complexity index is 4130. The third kappa shape index (κ3) is 17.2. The number of rotatable bonds is 23. The van der Waals surface area contributed by atoms with Gasteiger partial charge in [-0.15, -0.1) is 13.2 Å². The summed E-state index contributed by atoms with van der Waals surface area (Å²) in [7, 11) is -7.69. The van der Waals surface area contributed by atoms with Gasteiger partial charge in [-0.05, 0) is 133 Å². The van der Waals surface area contributed by atoms with Crippen LogP contribution in [0.15, 0.2) is 110 Å². The van der Waals surface area contributed by atoms with Crippen molar-refractivity contribution in [3.05, 3.63) is 121 Å². The Balaban J connectivity index is 0.000000185. The molecule has 10 N–H and O–H groups in total. The summed E-state index contributed by atoms with van der Waals surface area (Å²) in [5.41, 5.74) is 2.65. The first kappa shape index (κ1) is 73.2. The maximum absolute atomic E-state index is 14.4. The number of carboxylic acid groups (broad SMARTS) is 1. The fourth-order valence-corrected chi connectivity index (χ4v) is 15.9.